The number of hydrogen-bond donors (Lipinski definition) is 0. The Bertz CT molecular complexity index is 743. The molecule has 1 aromatic heterocycles. The van der Waals surface area contributed by atoms with Crippen molar-refractivity contribution < 1.29 is 19.1 Å². The molecule has 5 heteroatoms. The van der Waals surface area contributed by atoms with Crippen molar-refractivity contribution in [3.05, 3.63) is 46.6 Å². The first kappa shape index (κ1) is 12.5. The van der Waals surface area contributed by atoms with Gasteiger partial charge in [-0.15, -0.1) is 0 Å². The van der Waals surface area contributed by atoms with Gasteiger partial charge in [0.1, 0.15) is 5.69 Å². The Morgan fingerprint density at radius 1 is 0.950 bits per heavy atom. The van der Waals surface area contributed by atoms with Gasteiger partial charge in [-0.3, -0.25) is 9.59 Å². The highest BCUT2D eigenvalue weighted by molar-refractivity contribution is 6.29. The molecule has 0 saturated heterocycles. The van der Waals surface area contributed by atoms with Crippen molar-refractivity contribution in [3.8, 4) is 11.6 Å². The maximum Gasteiger partial charge on any atom is 0.238 e. The number of benzene rings is 1. The summed E-state index contributed by atoms with van der Waals surface area (Å²) in [6.45, 7) is 0. The van der Waals surface area contributed by atoms with Gasteiger partial charge in [0.25, 0.3) is 0 Å². The quantitative estimate of drug-likeness (QED) is 0.713. The summed E-state index contributed by atoms with van der Waals surface area (Å²) in [5.41, 5.74) is 1.39. The molecule has 1 aromatic carbocycles. The van der Waals surface area contributed by atoms with E-state index in [4.69, 9.17) is 9.47 Å². The normalized spacial score (nSPS) is 12.9. The van der Waals surface area contributed by atoms with Gasteiger partial charge in [0, 0.05) is 18.2 Å². The van der Waals surface area contributed by atoms with Crippen LogP contribution in [0.4, 0.5) is 0 Å². The molecule has 0 spiro atoms. The van der Waals surface area contributed by atoms with Crippen LogP contribution in [0, 0.1) is 0 Å². The predicted molar refractivity (Wildman–Crippen MR) is 71.8 cm³/mol. The molecule has 102 valence electrons. The molecule has 3 rings (SSSR count). The Kier molecular flexibility index (Phi) is 2.64. The molecule has 0 unspecified atom stereocenters. The summed E-state index contributed by atoms with van der Waals surface area (Å²) >= 11 is 0. The Morgan fingerprint density at radius 3 is 2.10 bits per heavy atom. The highest BCUT2D eigenvalue weighted by Gasteiger charge is 2.38. The van der Waals surface area contributed by atoms with Gasteiger partial charge < -0.3 is 14.0 Å². The summed E-state index contributed by atoms with van der Waals surface area (Å²) < 4.78 is 12.1. The van der Waals surface area contributed by atoms with E-state index < -0.39 is 0 Å². The van der Waals surface area contributed by atoms with Gasteiger partial charge in [-0.25, -0.2) is 0 Å². The second kappa shape index (κ2) is 4.23. The van der Waals surface area contributed by atoms with Gasteiger partial charge in [-0.1, -0.05) is 24.3 Å². The molecule has 2 aromatic rings. The standard InChI is InChI=1S/C15H13NO4/c1-16-11-10(14(19-2)15(16)20-3)12(17)8-6-4-5-7-9(8)13(11)18/h4-7H,1-3H3. The van der Waals surface area contributed by atoms with Gasteiger partial charge in [0.15, 0.2) is 11.5 Å². The number of ether oxygens (including phenoxy) is 2. The fourth-order valence-electron chi connectivity index (χ4n) is 2.67. The lowest BCUT2D eigenvalue weighted by atomic mass is 9.88. The summed E-state index contributed by atoms with van der Waals surface area (Å²) in [7, 11) is 4.61. The molecule has 1 heterocycles. The number of fused-ring (bicyclic) bond motifs is 2. The van der Waals surface area contributed by atoms with Gasteiger partial charge in [0.05, 0.1) is 19.8 Å². The van der Waals surface area contributed by atoms with E-state index in [0.29, 0.717) is 28.5 Å². The number of hydrogen-bond acceptors (Lipinski definition) is 4. The van der Waals surface area contributed by atoms with Crippen molar-refractivity contribution in [2.75, 3.05) is 14.2 Å². The maximum atomic E-state index is 12.6. The topological polar surface area (TPSA) is 57.5 Å². The third kappa shape index (κ3) is 1.37. The minimum Gasteiger partial charge on any atom is -0.491 e. The molecule has 0 atom stereocenters. The SMILES string of the molecule is COc1c2c(n(C)c1OC)C(=O)c1ccccc1C2=O. The second-order valence-electron chi connectivity index (χ2n) is 4.53. The van der Waals surface area contributed by atoms with Crippen LogP contribution in [0.1, 0.15) is 32.0 Å². The van der Waals surface area contributed by atoms with E-state index in [1.165, 1.54) is 14.2 Å². The van der Waals surface area contributed by atoms with E-state index in [1.807, 2.05) is 0 Å². The van der Waals surface area contributed by atoms with Crippen LogP contribution in [0.2, 0.25) is 0 Å². The number of rotatable bonds is 2. The molecule has 0 amide bonds. The fourth-order valence-corrected chi connectivity index (χ4v) is 2.67. The molecule has 1 aliphatic carbocycles. The van der Waals surface area contributed by atoms with Crippen molar-refractivity contribution in [1.29, 1.82) is 0 Å². The Morgan fingerprint density at radius 2 is 1.55 bits per heavy atom. The zero-order chi connectivity index (χ0) is 14.4. The smallest absolute Gasteiger partial charge is 0.238 e. The van der Waals surface area contributed by atoms with Crippen LogP contribution in [-0.2, 0) is 7.05 Å². The summed E-state index contributed by atoms with van der Waals surface area (Å²) in [6, 6.07) is 6.79. The number of carbonyl (C=O) groups excluding carboxylic acids is 2. The number of nitrogens with zero attached hydrogens (tertiary/aromatic N) is 1. The van der Waals surface area contributed by atoms with Crippen LogP contribution < -0.4 is 9.47 Å². The lowest BCUT2D eigenvalue weighted by Crippen LogP contribution is -2.22. The zero-order valence-corrected chi connectivity index (χ0v) is 11.4. The summed E-state index contributed by atoms with van der Waals surface area (Å²) in [4.78, 5) is 25.2. The first-order valence-corrected chi connectivity index (χ1v) is 6.10. The monoisotopic (exact) mass is 271 g/mol. The van der Waals surface area contributed by atoms with Crippen LogP contribution in [0.25, 0.3) is 0 Å². The molecule has 0 fully saturated rings. The number of methoxy groups -OCH3 is 2. The molecular weight excluding hydrogens is 258 g/mol. The third-order valence-electron chi connectivity index (χ3n) is 3.55. The van der Waals surface area contributed by atoms with Crippen LogP contribution >= 0.6 is 0 Å². The summed E-state index contributed by atoms with van der Waals surface area (Å²) in [5, 5.41) is 0. The number of aromatic nitrogens is 1. The molecule has 1 aliphatic rings. The Labute approximate surface area is 115 Å². The molecule has 0 radical (unpaired) electrons. The number of carbonyl (C=O) groups is 2. The molecular formula is C15H13NO4. The average Bonchev–Trinajstić information content (AvgIpc) is 2.77. The van der Waals surface area contributed by atoms with Crippen molar-refractivity contribution >= 4 is 11.6 Å². The van der Waals surface area contributed by atoms with Crippen molar-refractivity contribution in [2.24, 2.45) is 7.05 Å². The second-order valence-corrected chi connectivity index (χ2v) is 4.53. The highest BCUT2D eigenvalue weighted by atomic mass is 16.5. The molecule has 0 saturated carbocycles. The van der Waals surface area contributed by atoms with Crippen molar-refractivity contribution in [1.82, 2.24) is 4.57 Å². The average molecular weight is 271 g/mol. The molecule has 0 N–H and O–H groups in total. The Hall–Kier alpha value is -2.56. The van der Waals surface area contributed by atoms with E-state index in [1.54, 1.807) is 35.9 Å². The minimum atomic E-state index is -0.217. The zero-order valence-electron chi connectivity index (χ0n) is 11.4. The predicted octanol–water partition coefficient (Wildman–Crippen LogP) is 1.82. The van der Waals surface area contributed by atoms with Crippen LogP contribution in [0.3, 0.4) is 0 Å². The first-order chi connectivity index (χ1) is 9.61. The summed E-state index contributed by atoms with van der Waals surface area (Å²) in [6.07, 6.45) is 0. The van der Waals surface area contributed by atoms with E-state index in [-0.39, 0.29) is 17.1 Å². The van der Waals surface area contributed by atoms with Gasteiger partial charge in [-0.05, 0) is 0 Å². The molecule has 0 bridgehead atoms. The molecule has 5 nitrogen and oxygen atoms in total. The van der Waals surface area contributed by atoms with Crippen LogP contribution in [-0.4, -0.2) is 30.4 Å². The van der Waals surface area contributed by atoms with E-state index in [2.05, 4.69) is 0 Å². The molecule has 20 heavy (non-hydrogen) atoms. The lowest BCUT2D eigenvalue weighted by molar-refractivity contribution is 0.0972. The highest BCUT2D eigenvalue weighted by Crippen LogP contribution is 2.41. The van der Waals surface area contributed by atoms with Crippen molar-refractivity contribution in [3.63, 3.8) is 0 Å². The van der Waals surface area contributed by atoms with E-state index in [9.17, 15) is 9.59 Å². The lowest BCUT2D eigenvalue weighted by Gasteiger charge is -2.15. The maximum absolute atomic E-state index is 12.6. The van der Waals surface area contributed by atoms with Gasteiger partial charge in [0.2, 0.25) is 11.7 Å². The number of ketones is 2. The largest absolute Gasteiger partial charge is 0.491 e. The van der Waals surface area contributed by atoms with E-state index in [0.717, 1.165) is 0 Å². The van der Waals surface area contributed by atoms with E-state index >= 15 is 0 Å². The van der Waals surface area contributed by atoms with Gasteiger partial charge >= 0.3 is 0 Å². The summed E-state index contributed by atoms with van der Waals surface area (Å²) in [5.74, 6) is 0.259. The van der Waals surface area contributed by atoms with Crippen LogP contribution in [0.15, 0.2) is 24.3 Å². The van der Waals surface area contributed by atoms with Crippen LogP contribution in [0.5, 0.6) is 11.6 Å². The minimum absolute atomic E-state index is 0.195. The van der Waals surface area contributed by atoms with Gasteiger partial charge in [-0.2, -0.15) is 0 Å². The van der Waals surface area contributed by atoms with Crippen molar-refractivity contribution in [2.45, 2.75) is 0 Å². The molecule has 0 aliphatic heterocycles. The fraction of sp³-hybridized carbons (Fsp3) is 0.200. The Balaban J connectivity index is 2.38. The third-order valence-corrected chi connectivity index (χ3v) is 3.55. The first-order valence-electron chi connectivity index (χ1n) is 6.10.